The second kappa shape index (κ2) is 6.94. The smallest absolute Gasteiger partial charge is 0.262 e. The van der Waals surface area contributed by atoms with E-state index < -0.39 is 15.6 Å². The molecule has 0 aliphatic heterocycles. The second-order valence-corrected chi connectivity index (χ2v) is 8.01. The number of benzene rings is 3. The quantitative estimate of drug-likeness (QED) is 0.715. The monoisotopic (exact) mass is 367 g/mol. The highest BCUT2D eigenvalue weighted by atomic mass is 32.2. The largest absolute Gasteiger partial charge is 0.381 e. The van der Waals surface area contributed by atoms with Crippen LogP contribution in [0.25, 0.3) is 0 Å². The van der Waals surface area contributed by atoms with Crippen LogP contribution in [0.3, 0.4) is 0 Å². The minimum Gasteiger partial charge on any atom is -0.381 e. The zero-order valence-corrected chi connectivity index (χ0v) is 15.5. The van der Waals surface area contributed by atoms with E-state index >= 15 is 0 Å². The van der Waals surface area contributed by atoms with Crippen LogP contribution in [0.15, 0.2) is 83.8 Å². The Kier molecular flexibility index (Phi) is 4.85. The number of rotatable bonds is 5. The van der Waals surface area contributed by atoms with Crippen molar-refractivity contribution in [1.82, 2.24) is 0 Å². The summed E-state index contributed by atoms with van der Waals surface area (Å²) in [5, 5.41) is 11.1. The van der Waals surface area contributed by atoms with Gasteiger partial charge in [-0.3, -0.25) is 4.72 Å². The Balaban J connectivity index is 2.05. The lowest BCUT2D eigenvalue weighted by Gasteiger charge is -2.27. The molecule has 4 nitrogen and oxygen atoms in total. The van der Waals surface area contributed by atoms with Crippen molar-refractivity contribution in [3.63, 3.8) is 0 Å². The molecule has 1 unspecified atom stereocenters. The maximum absolute atomic E-state index is 12.8. The van der Waals surface area contributed by atoms with Crippen LogP contribution in [0, 0.1) is 6.92 Å². The summed E-state index contributed by atoms with van der Waals surface area (Å²) in [6, 6.07) is 22.9. The van der Waals surface area contributed by atoms with Crippen molar-refractivity contribution >= 4 is 15.7 Å². The third-order valence-electron chi connectivity index (χ3n) is 4.41. The van der Waals surface area contributed by atoms with E-state index in [-0.39, 0.29) is 4.90 Å². The molecule has 0 fully saturated rings. The molecule has 134 valence electrons. The number of hydrogen-bond acceptors (Lipinski definition) is 3. The third kappa shape index (κ3) is 3.49. The molecule has 0 bridgehead atoms. The first-order valence-corrected chi connectivity index (χ1v) is 9.76. The topological polar surface area (TPSA) is 66.4 Å². The van der Waals surface area contributed by atoms with Crippen molar-refractivity contribution in [2.24, 2.45) is 0 Å². The predicted octanol–water partition coefficient (Wildman–Crippen LogP) is 4.05. The predicted molar refractivity (Wildman–Crippen MR) is 104 cm³/mol. The molecule has 0 amide bonds. The second-order valence-electron chi connectivity index (χ2n) is 6.35. The molecule has 3 aromatic rings. The summed E-state index contributed by atoms with van der Waals surface area (Å²) >= 11 is 0. The van der Waals surface area contributed by atoms with Gasteiger partial charge in [-0.2, -0.15) is 0 Å². The van der Waals surface area contributed by atoms with Crippen molar-refractivity contribution in [2.75, 3.05) is 4.72 Å². The molecule has 3 rings (SSSR count). The van der Waals surface area contributed by atoms with Gasteiger partial charge < -0.3 is 5.11 Å². The average Bonchev–Trinajstić information content (AvgIpc) is 2.62. The molecule has 0 saturated carbocycles. The maximum atomic E-state index is 12.8. The third-order valence-corrected chi connectivity index (χ3v) is 5.94. The van der Waals surface area contributed by atoms with Gasteiger partial charge in [-0.1, -0.05) is 66.7 Å². The lowest BCUT2D eigenvalue weighted by Crippen LogP contribution is -2.25. The van der Waals surface area contributed by atoms with Crippen LogP contribution in [-0.2, 0) is 15.6 Å². The van der Waals surface area contributed by atoms with Gasteiger partial charge in [0.1, 0.15) is 5.60 Å². The Morgan fingerprint density at radius 1 is 0.846 bits per heavy atom. The molecule has 5 heteroatoms. The van der Waals surface area contributed by atoms with Crippen LogP contribution in [-0.4, -0.2) is 13.5 Å². The fourth-order valence-electron chi connectivity index (χ4n) is 2.97. The van der Waals surface area contributed by atoms with Crippen molar-refractivity contribution in [2.45, 2.75) is 24.3 Å². The van der Waals surface area contributed by atoms with Gasteiger partial charge in [0.25, 0.3) is 10.0 Å². The first kappa shape index (κ1) is 18.2. The summed E-state index contributed by atoms with van der Waals surface area (Å²) in [4.78, 5) is 0.217. The van der Waals surface area contributed by atoms with Crippen LogP contribution >= 0.6 is 0 Å². The van der Waals surface area contributed by atoms with Crippen molar-refractivity contribution in [3.05, 3.63) is 95.6 Å². The molecule has 0 heterocycles. The van der Waals surface area contributed by atoms with E-state index in [2.05, 4.69) is 4.72 Å². The molecule has 0 radical (unpaired) electrons. The first-order valence-electron chi connectivity index (χ1n) is 8.28. The number of para-hydroxylation sites is 1. The normalized spacial score (nSPS) is 13.8. The van der Waals surface area contributed by atoms with E-state index in [9.17, 15) is 13.5 Å². The summed E-state index contributed by atoms with van der Waals surface area (Å²) in [6.45, 7) is 3.41. The summed E-state index contributed by atoms with van der Waals surface area (Å²) in [5.41, 5.74) is 0.842. The number of hydrogen-bond donors (Lipinski definition) is 2. The van der Waals surface area contributed by atoms with Gasteiger partial charge in [0, 0.05) is 5.56 Å². The SMILES string of the molecule is Cc1ccccc1S(=O)(=O)Nc1ccccc1C(C)(O)c1ccccc1. The van der Waals surface area contributed by atoms with Crippen LogP contribution in [0.2, 0.25) is 0 Å². The van der Waals surface area contributed by atoms with Gasteiger partial charge in [0.2, 0.25) is 0 Å². The molecule has 1 atom stereocenters. The maximum Gasteiger partial charge on any atom is 0.262 e. The van der Waals surface area contributed by atoms with Crippen LogP contribution in [0.1, 0.15) is 23.6 Å². The van der Waals surface area contributed by atoms with Gasteiger partial charge in [0.05, 0.1) is 10.6 Å². The van der Waals surface area contributed by atoms with E-state index in [0.29, 0.717) is 22.4 Å². The highest BCUT2D eigenvalue weighted by molar-refractivity contribution is 7.92. The zero-order valence-electron chi connectivity index (χ0n) is 14.7. The van der Waals surface area contributed by atoms with E-state index in [4.69, 9.17) is 0 Å². The van der Waals surface area contributed by atoms with Gasteiger partial charge in [-0.05, 0) is 37.1 Å². The minimum absolute atomic E-state index is 0.217. The zero-order chi connectivity index (χ0) is 18.8. The molecular weight excluding hydrogens is 346 g/mol. The van der Waals surface area contributed by atoms with Crippen molar-refractivity contribution in [3.8, 4) is 0 Å². The number of nitrogens with one attached hydrogen (secondary N) is 1. The fourth-order valence-corrected chi connectivity index (χ4v) is 4.30. The van der Waals surface area contributed by atoms with E-state index in [0.717, 1.165) is 0 Å². The summed E-state index contributed by atoms with van der Waals surface area (Å²) in [6.07, 6.45) is 0. The lowest BCUT2D eigenvalue weighted by molar-refractivity contribution is 0.103. The number of aryl methyl sites for hydroxylation is 1. The van der Waals surface area contributed by atoms with Crippen LogP contribution in [0.4, 0.5) is 5.69 Å². The molecule has 0 aliphatic carbocycles. The van der Waals surface area contributed by atoms with E-state index in [1.807, 2.05) is 30.3 Å². The Hall–Kier alpha value is -2.63. The molecule has 0 spiro atoms. The Bertz CT molecular complexity index is 1010. The molecule has 3 aromatic carbocycles. The number of anilines is 1. The highest BCUT2D eigenvalue weighted by Crippen LogP contribution is 2.35. The van der Waals surface area contributed by atoms with Crippen LogP contribution in [0.5, 0.6) is 0 Å². The first-order chi connectivity index (χ1) is 12.3. The van der Waals surface area contributed by atoms with Gasteiger partial charge in [0.15, 0.2) is 0 Å². The van der Waals surface area contributed by atoms with Crippen molar-refractivity contribution in [1.29, 1.82) is 0 Å². The Morgan fingerprint density at radius 2 is 1.42 bits per heavy atom. The minimum atomic E-state index is -3.77. The van der Waals surface area contributed by atoms with Crippen molar-refractivity contribution < 1.29 is 13.5 Å². The molecule has 26 heavy (non-hydrogen) atoms. The Labute approximate surface area is 154 Å². The average molecular weight is 367 g/mol. The summed E-state index contributed by atoms with van der Waals surface area (Å²) in [5.74, 6) is 0. The van der Waals surface area contributed by atoms with Gasteiger partial charge >= 0.3 is 0 Å². The fraction of sp³-hybridized carbons (Fsp3) is 0.143. The number of aliphatic hydroxyl groups is 1. The van der Waals surface area contributed by atoms with Gasteiger partial charge in [-0.25, -0.2) is 8.42 Å². The summed E-state index contributed by atoms with van der Waals surface area (Å²) in [7, 11) is -3.77. The lowest BCUT2D eigenvalue weighted by atomic mass is 9.87. The standard InChI is InChI=1S/C21H21NO3S/c1-16-10-6-9-15-20(16)26(24,25)22-19-14-8-7-13-18(19)21(2,23)17-11-4-3-5-12-17/h3-15,22-23H,1-2H3. The molecule has 0 aliphatic rings. The Morgan fingerprint density at radius 3 is 2.12 bits per heavy atom. The van der Waals surface area contributed by atoms with Gasteiger partial charge in [-0.15, -0.1) is 0 Å². The van der Waals surface area contributed by atoms with E-state index in [1.54, 1.807) is 62.4 Å². The van der Waals surface area contributed by atoms with Crippen LogP contribution < -0.4 is 4.72 Å². The molecular formula is C21H21NO3S. The van der Waals surface area contributed by atoms with E-state index in [1.165, 1.54) is 0 Å². The molecule has 0 aromatic heterocycles. The highest BCUT2D eigenvalue weighted by Gasteiger charge is 2.29. The molecule has 2 N–H and O–H groups in total. The molecule has 0 saturated heterocycles. The summed E-state index contributed by atoms with van der Waals surface area (Å²) < 4.78 is 28.3. The number of sulfonamides is 1.